The highest BCUT2D eigenvalue weighted by Crippen LogP contribution is 2.40. The molecule has 1 aromatic carbocycles. The molecule has 3 heteroatoms. The first-order chi connectivity index (χ1) is 10.7. The first kappa shape index (κ1) is 15.8. The number of rotatable bonds is 5. The lowest BCUT2D eigenvalue weighted by atomic mass is 9.89. The van der Waals surface area contributed by atoms with Crippen molar-refractivity contribution in [1.82, 2.24) is 5.32 Å². The van der Waals surface area contributed by atoms with Crippen LogP contribution in [-0.4, -0.2) is 24.4 Å². The molecule has 0 radical (unpaired) electrons. The Morgan fingerprint density at radius 3 is 2.91 bits per heavy atom. The molecular weight excluding hydrogens is 274 g/mol. The second-order valence-electron chi connectivity index (χ2n) is 7.12. The predicted octanol–water partition coefficient (Wildman–Crippen LogP) is 4.06. The summed E-state index contributed by atoms with van der Waals surface area (Å²) >= 11 is 0. The van der Waals surface area contributed by atoms with Gasteiger partial charge in [0.25, 0.3) is 0 Å². The molecule has 3 rings (SSSR count). The zero-order valence-corrected chi connectivity index (χ0v) is 13.9. The summed E-state index contributed by atoms with van der Waals surface area (Å²) in [6, 6.07) is 9.02. The third-order valence-corrected chi connectivity index (χ3v) is 4.87. The molecule has 2 fully saturated rings. The van der Waals surface area contributed by atoms with Crippen LogP contribution in [0.3, 0.4) is 0 Å². The van der Waals surface area contributed by atoms with Crippen molar-refractivity contribution >= 4 is 0 Å². The van der Waals surface area contributed by atoms with Gasteiger partial charge in [-0.15, -0.1) is 0 Å². The molecule has 1 unspecified atom stereocenters. The van der Waals surface area contributed by atoms with E-state index in [1.807, 2.05) is 6.07 Å². The van der Waals surface area contributed by atoms with E-state index in [1.165, 1.54) is 37.7 Å². The topological polar surface area (TPSA) is 30.5 Å². The monoisotopic (exact) mass is 303 g/mol. The van der Waals surface area contributed by atoms with Crippen molar-refractivity contribution in [2.75, 3.05) is 6.61 Å². The van der Waals surface area contributed by atoms with Gasteiger partial charge in [0.1, 0.15) is 5.75 Å². The molecule has 1 aliphatic heterocycles. The number of hydrogen-bond acceptors (Lipinski definition) is 3. The quantitative estimate of drug-likeness (QED) is 0.890. The van der Waals surface area contributed by atoms with Gasteiger partial charge in [-0.3, -0.25) is 0 Å². The van der Waals surface area contributed by atoms with E-state index in [4.69, 9.17) is 9.47 Å². The third kappa shape index (κ3) is 4.02. The van der Waals surface area contributed by atoms with Crippen LogP contribution >= 0.6 is 0 Å². The van der Waals surface area contributed by atoms with Crippen LogP contribution in [0.15, 0.2) is 24.3 Å². The van der Waals surface area contributed by atoms with Crippen LogP contribution in [0.25, 0.3) is 0 Å². The second-order valence-corrected chi connectivity index (χ2v) is 7.12. The Hall–Kier alpha value is -1.06. The fourth-order valence-corrected chi connectivity index (χ4v) is 3.83. The van der Waals surface area contributed by atoms with Crippen LogP contribution in [0.1, 0.15) is 57.9 Å². The third-order valence-electron chi connectivity index (χ3n) is 4.87. The summed E-state index contributed by atoms with van der Waals surface area (Å²) in [6.07, 6.45) is 7.70. The fraction of sp³-hybridized carbons (Fsp3) is 0.684. The van der Waals surface area contributed by atoms with Gasteiger partial charge >= 0.3 is 0 Å². The molecule has 0 bridgehead atoms. The summed E-state index contributed by atoms with van der Waals surface area (Å²) in [5.41, 5.74) is 1.49. The molecule has 22 heavy (non-hydrogen) atoms. The number of hydrogen-bond donors (Lipinski definition) is 1. The van der Waals surface area contributed by atoms with E-state index in [0.717, 1.165) is 25.3 Å². The van der Waals surface area contributed by atoms with Crippen molar-refractivity contribution in [3.8, 4) is 5.75 Å². The van der Waals surface area contributed by atoms with Crippen molar-refractivity contribution in [1.29, 1.82) is 0 Å². The lowest BCUT2D eigenvalue weighted by Crippen LogP contribution is -2.45. The molecule has 1 saturated heterocycles. The molecule has 1 aromatic rings. The number of nitrogens with one attached hydrogen (secondary N) is 1. The summed E-state index contributed by atoms with van der Waals surface area (Å²) in [4.78, 5) is 0. The Balaban J connectivity index is 1.53. The molecule has 1 saturated carbocycles. The van der Waals surface area contributed by atoms with E-state index in [2.05, 4.69) is 37.4 Å². The maximum Gasteiger partial charge on any atom is 0.120 e. The maximum absolute atomic E-state index is 6.11. The highest BCUT2D eigenvalue weighted by atomic mass is 16.5. The second kappa shape index (κ2) is 7.01. The Bertz CT molecular complexity index is 480. The minimum atomic E-state index is 0.193. The van der Waals surface area contributed by atoms with Crippen molar-refractivity contribution in [3.63, 3.8) is 0 Å². The molecule has 0 aromatic heterocycles. The van der Waals surface area contributed by atoms with Crippen molar-refractivity contribution in [2.24, 2.45) is 0 Å². The van der Waals surface area contributed by atoms with Gasteiger partial charge in [-0.1, -0.05) is 25.0 Å². The van der Waals surface area contributed by atoms with E-state index in [-0.39, 0.29) is 11.7 Å². The van der Waals surface area contributed by atoms with Gasteiger partial charge < -0.3 is 14.8 Å². The SMILES string of the molecule is CC(C)Oc1cccc(CNC2CCOC3(CCCC3)C2)c1. The molecule has 122 valence electrons. The van der Waals surface area contributed by atoms with Gasteiger partial charge in [0.2, 0.25) is 0 Å². The van der Waals surface area contributed by atoms with E-state index in [0.29, 0.717) is 6.04 Å². The fourth-order valence-electron chi connectivity index (χ4n) is 3.83. The summed E-state index contributed by atoms with van der Waals surface area (Å²) in [5, 5.41) is 3.73. The average Bonchev–Trinajstić information content (AvgIpc) is 2.93. The minimum absolute atomic E-state index is 0.193. The van der Waals surface area contributed by atoms with Crippen LogP contribution in [0, 0.1) is 0 Å². The summed E-state index contributed by atoms with van der Waals surface area (Å²) in [5.74, 6) is 0.966. The van der Waals surface area contributed by atoms with Crippen molar-refractivity contribution in [3.05, 3.63) is 29.8 Å². The molecule has 2 aliphatic rings. The first-order valence-corrected chi connectivity index (χ1v) is 8.78. The maximum atomic E-state index is 6.11. The van der Waals surface area contributed by atoms with Gasteiger partial charge in [-0.05, 0) is 57.2 Å². The molecule has 3 nitrogen and oxygen atoms in total. The average molecular weight is 303 g/mol. The summed E-state index contributed by atoms with van der Waals surface area (Å²) in [6.45, 7) is 5.95. The van der Waals surface area contributed by atoms with Gasteiger partial charge in [0, 0.05) is 19.2 Å². The number of benzene rings is 1. The van der Waals surface area contributed by atoms with Crippen molar-refractivity contribution < 1.29 is 9.47 Å². The lowest BCUT2D eigenvalue weighted by molar-refractivity contribution is -0.0837. The Morgan fingerprint density at radius 1 is 1.32 bits per heavy atom. The highest BCUT2D eigenvalue weighted by Gasteiger charge is 2.39. The molecule has 1 aliphatic carbocycles. The minimum Gasteiger partial charge on any atom is -0.491 e. The van der Waals surface area contributed by atoms with Crippen LogP contribution in [-0.2, 0) is 11.3 Å². The summed E-state index contributed by atoms with van der Waals surface area (Å²) < 4.78 is 11.9. The largest absolute Gasteiger partial charge is 0.491 e. The standard InChI is InChI=1S/C19H29NO2/c1-15(2)22-18-7-5-6-16(12-18)14-20-17-8-11-21-19(13-17)9-3-4-10-19/h5-7,12,15,17,20H,3-4,8-11,13-14H2,1-2H3. The molecule has 1 spiro atoms. The summed E-state index contributed by atoms with van der Waals surface area (Å²) in [7, 11) is 0. The van der Waals surface area contributed by atoms with Crippen LogP contribution in [0.2, 0.25) is 0 Å². The zero-order chi connectivity index (χ0) is 15.4. The van der Waals surface area contributed by atoms with E-state index >= 15 is 0 Å². The smallest absolute Gasteiger partial charge is 0.120 e. The number of ether oxygens (including phenoxy) is 2. The van der Waals surface area contributed by atoms with Gasteiger partial charge in [-0.2, -0.15) is 0 Å². The Kier molecular flexibility index (Phi) is 5.04. The molecular formula is C19H29NO2. The van der Waals surface area contributed by atoms with Crippen molar-refractivity contribution in [2.45, 2.75) is 76.7 Å². The molecule has 1 N–H and O–H groups in total. The Morgan fingerprint density at radius 2 is 2.14 bits per heavy atom. The molecule has 1 heterocycles. The Labute approximate surface area is 134 Å². The van der Waals surface area contributed by atoms with E-state index in [1.54, 1.807) is 0 Å². The van der Waals surface area contributed by atoms with E-state index < -0.39 is 0 Å². The lowest BCUT2D eigenvalue weighted by Gasteiger charge is -2.38. The molecule has 1 atom stereocenters. The van der Waals surface area contributed by atoms with Gasteiger partial charge in [0.15, 0.2) is 0 Å². The van der Waals surface area contributed by atoms with Gasteiger partial charge in [0.05, 0.1) is 11.7 Å². The molecule has 0 amide bonds. The first-order valence-electron chi connectivity index (χ1n) is 8.78. The van der Waals surface area contributed by atoms with Gasteiger partial charge in [-0.25, -0.2) is 0 Å². The zero-order valence-electron chi connectivity index (χ0n) is 13.9. The van der Waals surface area contributed by atoms with Crippen LogP contribution in [0.5, 0.6) is 5.75 Å². The normalized spacial score (nSPS) is 24.0. The van der Waals surface area contributed by atoms with Crippen LogP contribution in [0.4, 0.5) is 0 Å². The predicted molar refractivity (Wildman–Crippen MR) is 89.2 cm³/mol. The highest BCUT2D eigenvalue weighted by molar-refractivity contribution is 5.28. The van der Waals surface area contributed by atoms with Crippen LogP contribution < -0.4 is 10.1 Å². The van der Waals surface area contributed by atoms with E-state index in [9.17, 15) is 0 Å².